The maximum atomic E-state index is 9.95. The molecule has 2 saturated carbocycles. The van der Waals surface area contributed by atoms with E-state index in [4.69, 9.17) is 4.74 Å². The number of ether oxygens (including phenoxy) is 1. The zero-order valence-electron chi connectivity index (χ0n) is 13.5. The van der Waals surface area contributed by atoms with Crippen LogP contribution in [0.4, 0.5) is 0 Å². The minimum atomic E-state index is -0.372. The lowest BCUT2D eigenvalue weighted by Crippen LogP contribution is -2.35. The van der Waals surface area contributed by atoms with E-state index >= 15 is 0 Å². The van der Waals surface area contributed by atoms with Crippen LogP contribution in [0, 0.1) is 23.7 Å². The van der Waals surface area contributed by atoms with Crippen LogP contribution in [-0.2, 0) is 4.74 Å². The van der Waals surface area contributed by atoms with Gasteiger partial charge in [-0.15, -0.1) is 0 Å². The van der Waals surface area contributed by atoms with Crippen LogP contribution in [0.3, 0.4) is 0 Å². The third-order valence-electron chi connectivity index (χ3n) is 5.05. The van der Waals surface area contributed by atoms with E-state index in [9.17, 15) is 5.11 Å². The molecule has 0 aromatic carbocycles. The molecule has 0 aliphatic heterocycles. The molecule has 5 unspecified atom stereocenters. The summed E-state index contributed by atoms with van der Waals surface area (Å²) in [4.78, 5) is 0. The van der Waals surface area contributed by atoms with Gasteiger partial charge in [0.25, 0.3) is 0 Å². The highest BCUT2D eigenvalue weighted by molar-refractivity contribution is 4.90. The zero-order chi connectivity index (χ0) is 14.5. The lowest BCUT2D eigenvalue weighted by molar-refractivity contribution is -0.00883. The van der Waals surface area contributed by atoms with Crippen LogP contribution in [0.2, 0.25) is 0 Å². The first-order valence-corrected chi connectivity index (χ1v) is 8.55. The Morgan fingerprint density at radius 2 is 2.00 bits per heavy atom. The van der Waals surface area contributed by atoms with Crippen molar-refractivity contribution in [2.75, 3.05) is 19.7 Å². The van der Waals surface area contributed by atoms with Gasteiger partial charge in [-0.2, -0.15) is 0 Å². The highest BCUT2D eigenvalue weighted by Crippen LogP contribution is 2.47. The Bertz CT molecular complexity index is 282. The molecule has 2 aliphatic rings. The van der Waals surface area contributed by atoms with Gasteiger partial charge >= 0.3 is 0 Å². The number of fused-ring (bicyclic) bond motifs is 2. The molecule has 3 nitrogen and oxygen atoms in total. The van der Waals surface area contributed by atoms with Gasteiger partial charge in [0.2, 0.25) is 0 Å². The van der Waals surface area contributed by atoms with E-state index in [1.165, 1.54) is 25.7 Å². The van der Waals surface area contributed by atoms with Crippen molar-refractivity contribution < 1.29 is 9.84 Å². The maximum absolute atomic E-state index is 9.95. The molecule has 20 heavy (non-hydrogen) atoms. The predicted molar refractivity (Wildman–Crippen MR) is 82.7 cm³/mol. The average molecular weight is 283 g/mol. The normalized spacial score (nSPS) is 31.9. The highest BCUT2D eigenvalue weighted by atomic mass is 16.5. The molecule has 2 fully saturated rings. The second-order valence-corrected chi connectivity index (χ2v) is 7.52. The standard InChI is InChI=1S/C17H33NO2/c1-12(2)6-13(3)20-11-17(19)10-18-9-16-8-14-4-5-15(16)7-14/h12-19H,4-11H2,1-3H3. The average Bonchev–Trinajstić information content (AvgIpc) is 2.98. The molecular formula is C17H33NO2. The van der Waals surface area contributed by atoms with Crippen LogP contribution < -0.4 is 5.32 Å². The van der Waals surface area contributed by atoms with Crippen molar-refractivity contribution >= 4 is 0 Å². The Kier molecular flexibility index (Phi) is 6.31. The summed E-state index contributed by atoms with van der Waals surface area (Å²) >= 11 is 0. The molecule has 5 atom stereocenters. The quantitative estimate of drug-likeness (QED) is 0.684. The molecule has 0 spiro atoms. The van der Waals surface area contributed by atoms with Crippen molar-refractivity contribution in [3.63, 3.8) is 0 Å². The highest BCUT2D eigenvalue weighted by Gasteiger charge is 2.38. The Balaban J connectivity index is 1.51. The topological polar surface area (TPSA) is 41.5 Å². The minimum absolute atomic E-state index is 0.246. The number of hydrogen-bond donors (Lipinski definition) is 2. The Labute approximate surface area is 124 Å². The molecule has 0 radical (unpaired) electrons. The van der Waals surface area contributed by atoms with E-state index in [-0.39, 0.29) is 12.2 Å². The smallest absolute Gasteiger partial charge is 0.0897 e. The van der Waals surface area contributed by atoms with Gasteiger partial charge in [0.15, 0.2) is 0 Å². The van der Waals surface area contributed by atoms with E-state index in [1.54, 1.807) is 0 Å². The van der Waals surface area contributed by atoms with E-state index in [1.807, 2.05) is 0 Å². The summed E-state index contributed by atoms with van der Waals surface area (Å²) in [6, 6.07) is 0. The number of aliphatic hydroxyl groups is 1. The second-order valence-electron chi connectivity index (χ2n) is 7.52. The molecule has 0 aromatic rings. The van der Waals surface area contributed by atoms with Gasteiger partial charge in [0, 0.05) is 6.54 Å². The van der Waals surface area contributed by atoms with Crippen molar-refractivity contribution in [1.29, 1.82) is 0 Å². The lowest BCUT2D eigenvalue weighted by atomic mass is 9.89. The molecule has 0 saturated heterocycles. The van der Waals surface area contributed by atoms with E-state index in [0.717, 1.165) is 30.7 Å². The van der Waals surface area contributed by atoms with Gasteiger partial charge in [0.05, 0.1) is 18.8 Å². The number of hydrogen-bond acceptors (Lipinski definition) is 3. The number of rotatable bonds is 9. The van der Waals surface area contributed by atoms with Gasteiger partial charge in [-0.05, 0) is 62.8 Å². The first kappa shape index (κ1) is 16.3. The molecule has 2 bridgehead atoms. The fourth-order valence-electron chi connectivity index (χ4n) is 4.13. The van der Waals surface area contributed by atoms with Crippen molar-refractivity contribution in [3.05, 3.63) is 0 Å². The van der Waals surface area contributed by atoms with Gasteiger partial charge in [-0.25, -0.2) is 0 Å². The Morgan fingerprint density at radius 3 is 2.60 bits per heavy atom. The lowest BCUT2D eigenvalue weighted by Gasteiger charge is -2.23. The fourth-order valence-corrected chi connectivity index (χ4v) is 4.13. The second kappa shape index (κ2) is 7.77. The molecule has 2 rings (SSSR count). The number of aliphatic hydroxyl groups excluding tert-OH is 1. The van der Waals surface area contributed by atoms with Crippen LogP contribution in [-0.4, -0.2) is 37.0 Å². The molecule has 3 heteroatoms. The summed E-state index contributed by atoms with van der Waals surface area (Å²) < 4.78 is 5.70. The van der Waals surface area contributed by atoms with E-state index < -0.39 is 0 Å². The van der Waals surface area contributed by atoms with E-state index in [2.05, 4.69) is 26.1 Å². The third-order valence-corrected chi connectivity index (χ3v) is 5.05. The molecule has 118 valence electrons. The molecule has 2 N–H and O–H groups in total. The monoisotopic (exact) mass is 283 g/mol. The van der Waals surface area contributed by atoms with Crippen molar-refractivity contribution in [3.8, 4) is 0 Å². The first-order valence-electron chi connectivity index (χ1n) is 8.55. The first-order chi connectivity index (χ1) is 9.54. The molecule has 2 aliphatic carbocycles. The Hall–Kier alpha value is -0.120. The minimum Gasteiger partial charge on any atom is -0.389 e. The summed E-state index contributed by atoms with van der Waals surface area (Å²) in [5, 5.41) is 13.4. The SMILES string of the molecule is CC(C)CC(C)OCC(O)CNCC1CC2CCC1C2. The van der Waals surface area contributed by atoms with Crippen LogP contribution >= 0.6 is 0 Å². The Morgan fingerprint density at radius 1 is 1.20 bits per heavy atom. The maximum Gasteiger partial charge on any atom is 0.0897 e. The van der Waals surface area contributed by atoms with Crippen molar-refractivity contribution in [1.82, 2.24) is 5.32 Å². The van der Waals surface area contributed by atoms with Gasteiger partial charge in [0.1, 0.15) is 0 Å². The summed E-state index contributed by atoms with van der Waals surface area (Å²) in [5.74, 6) is 3.49. The fraction of sp³-hybridized carbons (Fsp3) is 1.00. The molecule has 0 amide bonds. The molecule has 0 heterocycles. The predicted octanol–water partition coefficient (Wildman–Crippen LogP) is 2.82. The van der Waals surface area contributed by atoms with Crippen LogP contribution in [0.5, 0.6) is 0 Å². The molecule has 0 aromatic heterocycles. The summed E-state index contributed by atoms with van der Waals surface area (Å²) in [5.41, 5.74) is 0. The summed E-state index contributed by atoms with van der Waals surface area (Å²) in [6.45, 7) is 8.70. The summed E-state index contributed by atoms with van der Waals surface area (Å²) in [6.07, 6.45) is 6.71. The van der Waals surface area contributed by atoms with Crippen molar-refractivity contribution in [2.24, 2.45) is 23.7 Å². The summed E-state index contributed by atoms with van der Waals surface area (Å²) in [7, 11) is 0. The zero-order valence-corrected chi connectivity index (χ0v) is 13.5. The van der Waals surface area contributed by atoms with E-state index in [0.29, 0.717) is 19.1 Å². The largest absolute Gasteiger partial charge is 0.389 e. The van der Waals surface area contributed by atoms with Crippen molar-refractivity contribution in [2.45, 2.75) is 65.1 Å². The molecular weight excluding hydrogens is 250 g/mol. The van der Waals surface area contributed by atoms with Gasteiger partial charge in [-0.1, -0.05) is 20.3 Å². The number of nitrogens with one attached hydrogen (secondary N) is 1. The van der Waals surface area contributed by atoms with Crippen LogP contribution in [0.15, 0.2) is 0 Å². The van der Waals surface area contributed by atoms with Gasteiger partial charge < -0.3 is 15.2 Å². The third kappa shape index (κ3) is 5.01. The van der Waals surface area contributed by atoms with Crippen LogP contribution in [0.25, 0.3) is 0 Å². The van der Waals surface area contributed by atoms with Crippen LogP contribution in [0.1, 0.15) is 52.9 Å². The van der Waals surface area contributed by atoms with Gasteiger partial charge in [-0.3, -0.25) is 0 Å².